The molecule has 0 spiro atoms. The van der Waals surface area contributed by atoms with Crippen molar-refractivity contribution in [3.05, 3.63) is 151 Å². The van der Waals surface area contributed by atoms with Gasteiger partial charge in [0.15, 0.2) is 0 Å². The summed E-state index contributed by atoms with van der Waals surface area (Å²) in [5, 5.41) is 10.6. The van der Waals surface area contributed by atoms with Crippen LogP contribution in [0.1, 0.15) is 18.4 Å². The van der Waals surface area contributed by atoms with Crippen molar-refractivity contribution in [2.45, 2.75) is 12.8 Å². The molecule has 1 heterocycles. The SMILES string of the molecule is C1=CCCC(c2cccc3c2sc2c(-c4cccc(-c5ccc6c7ccccc7c7ccccc7c6c5)c4)cccc23)=C1. The molecule has 0 bridgehead atoms. The minimum atomic E-state index is 1.11. The molecule has 202 valence electrons. The van der Waals surface area contributed by atoms with Crippen LogP contribution in [-0.2, 0) is 0 Å². The fourth-order valence-electron chi connectivity index (χ4n) is 7.08. The molecule has 0 aliphatic heterocycles. The molecule has 7 aromatic carbocycles. The van der Waals surface area contributed by atoms with Gasteiger partial charge >= 0.3 is 0 Å². The number of rotatable bonds is 3. The van der Waals surface area contributed by atoms with Crippen molar-refractivity contribution in [3.8, 4) is 22.3 Å². The first-order chi connectivity index (χ1) is 21.3. The summed E-state index contributed by atoms with van der Waals surface area (Å²) >= 11 is 1.94. The van der Waals surface area contributed by atoms with Crippen molar-refractivity contribution < 1.29 is 0 Å². The second-order valence-corrected chi connectivity index (χ2v) is 12.6. The van der Waals surface area contributed by atoms with E-state index in [-0.39, 0.29) is 0 Å². The van der Waals surface area contributed by atoms with E-state index in [1.165, 1.54) is 85.9 Å². The molecule has 1 aliphatic carbocycles. The molecule has 1 aliphatic rings. The molecule has 0 unspecified atom stereocenters. The van der Waals surface area contributed by atoms with Crippen molar-refractivity contribution in [1.29, 1.82) is 0 Å². The first kappa shape index (κ1) is 24.6. The number of allylic oxidation sites excluding steroid dienone is 4. The highest BCUT2D eigenvalue weighted by Crippen LogP contribution is 2.44. The van der Waals surface area contributed by atoms with Gasteiger partial charge in [0.2, 0.25) is 0 Å². The summed E-state index contributed by atoms with van der Waals surface area (Å²) in [7, 11) is 0. The Labute approximate surface area is 254 Å². The van der Waals surface area contributed by atoms with Crippen LogP contribution < -0.4 is 0 Å². The predicted molar refractivity (Wildman–Crippen MR) is 189 cm³/mol. The lowest BCUT2D eigenvalue weighted by Gasteiger charge is -2.12. The Kier molecular flexibility index (Phi) is 5.61. The predicted octanol–water partition coefficient (Wildman–Crippen LogP) is 12.6. The third-order valence-corrected chi connectivity index (χ3v) is 10.4. The molecule has 0 amide bonds. The van der Waals surface area contributed by atoms with E-state index in [1.807, 2.05) is 11.3 Å². The highest BCUT2D eigenvalue weighted by molar-refractivity contribution is 7.26. The molecule has 0 fully saturated rings. The van der Waals surface area contributed by atoms with Crippen LogP contribution in [0.15, 0.2) is 146 Å². The first-order valence-electron chi connectivity index (χ1n) is 15.1. The van der Waals surface area contributed by atoms with Gasteiger partial charge in [0, 0.05) is 20.2 Å². The van der Waals surface area contributed by atoms with E-state index in [0.29, 0.717) is 0 Å². The van der Waals surface area contributed by atoms with E-state index < -0.39 is 0 Å². The molecule has 8 aromatic rings. The van der Waals surface area contributed by atoms with Gasteiger partial charge in [-0.1, -0.05) is 133 Å². The van der Waals surface area contributed by atoms with Crippen molar-refractivity contribution in [3.63, 3.8) is 0 Å². The average molecular weight is 565 g/mol. The van der Waals surface area contributed by atoms with E-state index >= 15 is 0 Å². The molecule has 43 heavy (non-hydrogen) atoms. The molecule has 0 saturated heterocycles. The van der Waals surface area contributed by atoms with Gasteiger partial charge in [0.25, 0.3) is 0 Å². The summed E-state index contributed by atoms with van der Waals surface area (Å²) in [6.45, 7) is 0. The Balaban J connectivity index is 1.22. The molecule has 0 nitrogen and oxygen atoms in total. The van der Waals surface area contributed by atoms with Gasteiger partial charge in [-0.05, 0) is 90.7 Å². The monoisotopic (exact) mass is 564 g/mol. The summed E-state index contributed by atoms with van der Waals surface area (Å²) in [6.07, 6.45) is 8.99. The zero-order valence-corrected chi connectivity index (χ0v) is 24.5. The minimum absolute atomic E-state index is 1.11. The van der Waals surface area contributed by atoms with Crippen molar-refractivity contribution in [2.75, 3.05) is 0 Å². The largest absolute Gasteiger partial charge is 0.134 e. The molecule has 0 N–H and O–H groups in total. The molecule has 0 radical (unpaired) electrons. The van der Waals surface area contributed by atoms with E-state index in [1.54, 1.807) is 0 Å². The van der Waals surface area contributed by atoms with E-state index in [0.717, 1.165) is 12.8 Å². The van der Waals surface area contributed by atoms with Gasteiger partial charge in [-0.25, -0.2) is 0 Å². The lowest BCUT2D eigenvalue weighted by Crippen LogP contribution is -1.87. The zero-order valence-electron chi connectivity index (χ0n) is 23.7. The van der Waals surface area contributed by atoms with Gasteiger partial charge in [0.05, 0.1) is 0 Å². The van der Waals surface area contributed by atoms with E-state index in [9.17, 15) is 0 Å². The molecule has 0 atom stereocenters. The fraction of sp³-hybridized carbons (Fsp3) is 0.0476. The Bertz CT molecular complexity index is 2420. The van der Waals surface area contributed by atoms with Crippen molar-refractivity contribution >= 4 is 69.4 Å². The number of hydrogen-bond acceptors (Lipinski definition) is 1. The van der Waals surface area contributed by atoms with Crippen LogP contribution >= 0.6 is 11.3 Å². The van der Waals surface area contributed by atoms with Crippen molar-refractivity contribution in [2.24, 2.45) is 0 Å². The molecular weight excluding hydrogens is 537 g/mol. The first-order valence-corrected chi connectivity index (χ1v) is 15.9. The smallest absolute Gasteiger partial charge is 0.0434 e. The zero-order chi connectivity index (χ0) is 28.3. The summed E-state index contributed by atoms with van der Waals surface area (Å²) in [5.74, 6) is 0. The number of benzene rings is 7. The van der Waals surface area contributed by atoms with Gasteiger partial charge in [-0.2, -0.15) is 0 Å². The number of fused-ring (bicyclic) bond motifs is 9. The van der Waals surface area contributed by atoms with Crippen LogP contribution in [-0.4, -0.2) is 0 Å². The van der Waals surface area contributed by atoms with E-state index in [2.05, 4.69) is 146 Å². The van der Waals surface area contributed by atoms with Gasteiger partial charge < -0.3 is 0 Å². The van der Waals surface area contributed by atoms with Gasteiger partial charge in [-0.3, -0.25) is 0 Å². The van der Waals surface area contributed by atoms with Crippen molar-refractivity contribution in [1.82, 2.24) is 0 Å². The fourth-order valence-corrected chi connectivity index (χ4v) is 8.47. The Morgan fingerprint density at radius 2 is 0.977 bits per heavy atom. The van der Waals surface area contributed by atoms with Gasteiger partial charge in [0.1, 0.15) is 0 Å². The number of hydrogen-bond donors (Lipinski definition) is 0. The van der Waals surface area contributed by atoms with Crippen LogP contribution in [0.25, 0.3) is 80.3 Å². The molecule has 1 heteroatoms. The second-order valence-electron chi connectivity index (χ2n) is 11.6. The lowest BCUT2D eigenvalue weighted by atomic mass is 9.91. The average Bonchev–Trinajstić information content (AvgIpc) is 3.48. The molecular formula is C42H28S. The Morgan fingerprint density at radius 1 is 0.419 bits per heavy atom. The van der Waals surface area contributed by atoms with Crippen LogP contribution in [0.2, 0.25) is 0 Å². The Hall–Kier alpha value is -4.98. The van der Waals surface area contributed by atoms with Gasteiger partial charge in [-0.15, -0.1) is 11.3 Å². The maximum Gasteiger partial charge on any atom is 0.0434 e. The minimum Gasteiger partial charge on any atom is -0.134 e. The lowest BCUT2D eigenvalue weighted by molar-refractivity contribution is 1.06. The van der Waals surface area contributed by atoms with Crippen LogP contribution in [0.5, 0.6) is 0 Å². The normalized spacial score (nSPS) is 13.4. The Morgan fingerprint density at radius 3 is 1.67 bits per heavy atom. The third kappa shape index (κ3) is 3.89. The number of thiophene rings is 1. The maximum absolute atomic E-state index is 2.39. The second kappa shape index (κ2) is 9.80. The summed E-state index contributed by atoms with van der Waals surface area (Å²) in [6, 6.07) is 47.3. The van der Waals surface area contributed by atoms with Crippen LogP contribution in [0.3, 0.4) is 0 Å². The standard InChI is InChI=1S/C42H28S/c1-2-11-27(12-3-1)31-19-9-21-38-39-22-10-20-32(42(39)43-41(31)38)30-14-8-13-28(25-30)29-23-24-37-35-17-5-4-15-33(35)34-16-6-7-18-36(34)40(37)26-29/h1-2,4-11,13-26H,3,12H2. The van der Waals surface area contributed by atoms with Crippen LogP contribution in [0, 0.1) is 0 Å². The molecule has 1 aromatic heterocycles. The maximum atomic E-state index is 2.39. The molecule has 9 rings (SSSR count). The summed E-state index contributed by atoms with van der Waals surface area (Å²) < 4.78 is 2.77. The highest BCUT2D eigenvalue weighted by atomic mass is 32.1. The summed E-state index contributed by atoms with van der Waals surface area (Å²) in [5.41, 5.74) is 7.90. The van der Waals surface area contributed by atoms with Crippen LogP contribution in [0.4, 0.5) is 0 Å². The van der Waals surface area contributed by atoms with E-state index in [4.69, 9.17) is 0 Å². The molecule has 0 saturated carbocycles. The summed E-state index contributed by atoms with van der Waals surface area (Å²) in [4.78, 5) is 0. The quantitative estimate of drug-likeness (QED) is 0.187. The topological polar surface area (TPSA) is 0 Å². The highest BCUT2D eigenvalue weighted by Gasteiger charge is 2.16. The third-order valence-electron chi connectivity index (χ3n) is 9.14.